The molecule has 0 aliphatic rings. The zero-order valence-corrected chi connectivity index (χ0v) is 15.1. The van der Waals surface area contributed by atoms with Crippen molar-refractivity contribution < 1.29 is 13.5 Å². The summed E-state index contributed by atoms with van der Waals surface area (Å²) in [6.07, 6.45) is 1.30. The van der Waals surface area contributed by atoms with Gasteiger partial charge in [0, 0.05) is 17.0 Å². The monoisotopic (exact) mass is 381 g/mol. The third-order valence-corrected chi connectivity index (χ3v) is 4.25. The van der Waals surface area contributed by atoms with E-state index in [2.05, 4.69) is 15.6 Å². The Kier molecular flexibility index (Phi) is 6.10. The van der Waals surface area contributed by atoms with Gasteiger partial charge in [-0.25, -0.2) is 4.98 Å². The van der Waals surface area contributed by atoms with Gasteiger partial charge in [-0.05, 0) is 26.0 Å². The number of hydrogen-bond donors (Lipinski definition) is 4. The van der Waals surface area contributed by atoms with E-state index in [1.807, 2.05) is 0 Å². The first kappa shape index (κ1) is 18.9. The van der Waals surface area contributed by atoms with E-state index in [4.69, 9.17) is 11.1 Å². The summed E-state index contributed by atoms with van der Waals surface area (Å²) in [5.74, 6) is -1.16. The number of thiophene rings is 1. The third kappa shape index (κ3) is 4.54. The molecule has 2 aromatic heterocycles. The summed E-state index contributed by atoms with van der Waals surface area (Å²) in [7, 11) is 0. The minimum atomic E-state index is -0.590. The third-order valence-electron chi connectivity index (χ3n) is 3.04. The Balaban J connectivity index is 2.23. The molecule has 0 saturated heterocycles. The Labute approximate surface area is 152 Å². The molecule has 2 aromatic rings. The predicted octanol–water partition coefficient (Wildman–Crippen LogP) is 2.85. The maximum absolute atomic E-state index is 12.5. The van der Waals surface area contributed by atoms with Gasteiger partial charge in [-0.3, -0.25) is 15.0 Å². The molecular weight excluding hydrogens is 365 g/mol. The summed E-state index contributed by atoms with van der Waals surface area (Å²) in [6, 6.07) is 2.77. The lowest BCUT2D eigenvalue weighted by Crippen LogP contribution is -2.36. The van der Waals surface area contributed by atoms with E-state index in [0.29, 0.717) is 5.69 Å². The lowest BCUT2D eigenvalue weighted by molar-refractivity contribution is -0.115. The molecule has 2 amide bonds. The molecule has 7 nitrogen and oxygen atoms in total. The van der Waals surface area contributed by atoms with Gasteiger partial charge < -0.3 is 16.4 Å². The molecule has 25 heavy (non-hydrogen) atoms. The highest BCUT2D eigenvalue weighted by Crippen LogP contribution is 2.27. The van der Waals surface area contributed by atoms with E-state index in [-0.39, 0.29) is 45.1 Å². The van der Waals surface area contributed by atoms with Crippen LogP contribution in [0.25, 0.3) is 0 Å². The van der Waals surface area contributed by atoms with E-state index >= 15 is 0 Å². The molecule has 2 heterocycles. The topological polar surface area (TPSA) is 121 Å². The zero-order chi connectivity index (χ0) is 18.6. The first-order chi connectivity index (χ1) is 11.8. The summed E-state index contributed by atoms with van der Waals surface area (Å²) < 4.78 is 12.4. The molecule has 0 atom stereocenters. The Morgan fingerprint density at radius 2 is 2.12 bits per heavy atom. The second-order valence-electron chi connectivity index (χ2n) is 5.31. The second-order valence-corrected chi connectivity index (χ2v) is 6.79. The Bertz CT molecular complexity index is 805. The Morgan fingerprint density at radius 3 is 2.68 bits per heavy atom. The fourth-order valence-corrected chi connectivity index (χ4v) is 2.95. The normalized spacial score (nSPS) is 10.6. The summed E-state index contributed by atoms with van der Waals surface area (Å²) in [6.45, 7) is 3.54. The van der Waals surface area contributed by atoms with Gasteiger partial charge in [0.15, 0.2) is 0 Å². The van der Waals surface area contributed by atoms with Crippen LogP contribution in [0, 0.1) is 5.41 Å². The molecular formula is C15H16FN5O2S2. The van der Waals surface area contributed by atoms with Gasteiger partial charge in [0.1, 0.15) is 22.9 Å². The Hall–Kier alpha value is -2.46. The number of nitrogens with one attached hydrogen (secondary N) is 3. The van der Waals surface area contributed by atoms with Crippen molar-refractivity contribution >= 4 is 51.7 Å². The van der Waals surface area contributed by atoms with E-state index in [0.717, 1.165) is 11.3 Å². The average Bonchev–Trinajstić information content (AvgIpc) is 2.95. The molecule has 0 unspecified atom stereocenters. The van der Waals surface area contributed by atoms with Gasteiger partial charge in [0.2, 0.25) is 0 Å². The van der Waals surface area contributed by atoms with Crippen molar-refractivity contribution in [1.29, 1.82) is 5.41 Å². The number of amides is 2. The first-order valence-electron chi connectivity index (χ1n) is 7.16. The lowest BCUT2D eigenvalue weighted by Gasteiger charge is -2.10. The summed E-state index contributed by atoms with van der Waals surface area (Å²) in [5.41, 5.74) is 6.06. The van der Waals surface area contributed by atoms with Crippen LogP contribution in [0.3, 0.4) is 0 Å². The molecule has 0 aliphatic heterocycles. The lowest BCUT2D eigenvalue weighted by atomic mass is 10.1. The smallest absolute Gasteiger partial charge is 0.270 e. The Morgan fingerprint density at radius 1 is 1.40 bits per heavy atom. The molecule has 0 aliphatic carbocycles. The molecule has 0 radical (unpaired) electrons. The van der Waals surface area contributed by atoms with Crippen molar-refractivity contribution in [1.82, 2.24) is 10.3 Å². The van der Waals surface area contributed by atoms with E-state index in [1.165, 1.54) is 23.7 Å². The number of halogens is 1. The van der Waals surface area contributed by atoms with Crippen LogP contribution >= 0.6 is 23.5 Å². The number of carbonyl (C=O) groups excluding carboxylic acids is 2. The molecule has 0 spiro atoms. The molecule has 132 valence electrons. The number of aromatic nitrogens is 1. The number of nitrogen functional groups attached to an aromatic ring is 1. The van der Waals surface area contributed by atoms with Gasteiger partial charge in [-0.1, -0.05) is 0 Å². The van der Waals surface area contributed by atoms with Crippen molar-refractivity contribution in [3.63, 3.8) is 0 Å². The van der Waals surface area contributed by atoms with Crippen LogP contribution in [-0.4, -0.2) is 28.6 Å². The number of rotatable bonds is 6. The molecule has 2 rings (SSSR count). The van der Waals surface area contributed by atoms with Crippen LogP contribution in [0.5, 0.6) is 0 Å². The number of anilines is 2. The fraction of sp³-hybridized carbons (Fsp3) is 0.200. The van der Waals surface area contributed by atoms with Gasteiger partial charge in [0.05, 0.1) is 22.4 Å². The van der Waals surface area contributed by atoms with Crippen LogP contribution in [0.15, 0.2) is 28.7 Å². The molecule has 10 heteroatoms. The summed E-state index contributed by atoms with van der Waals surface area (Å²) >= 11 is 1.06. The quantitative estimate of drug-likeness (QED) is 0.573. The average molecular weight is 381 g/mol. The van der Waals surface area contributed by atoms with Crippen LogP contribution in [0.2, 0.25) is 0 Å². The molecule has 0 saturated carbocycles. The summed E-state index contributed by atoms with van der Waals surface area (Å²) in [5, 5.41) is 15.0. The molecule has 0 aromatic carbocycles. The van der Waals surface area contributed by atoms with Gasteiger partial charge >= 0.3 is 0 Å². The van der Waals surface area contributed by atoms with E-state index < -0.39 is 11.8 Å². The fourth-order valence-electron chi connectivity index (χ4n) is 1.94. The van der Waals surface area contributed by atoms with E-state index in [9.17, 15) is 13.5 Å². The highest BCUT2D eigenvalue weighted by molar-refractivity contribution is 7.94. The number of pyridine rings is 1. The number of carbonyl (C=O) groups is 2. The zero-order valence-electron chi connectivity index (χ0n) is 13.4. The van der Waals surface area contributed by atoms with Crippen LogP contribution < -0.4 is 16.4 Å². The number of nitrogens with two attached hydrogens (primary N) is 1. The maximum atomic E-state index is 12.5. The van der Waals surface area contributed by atoms with Crippen molar-refractivity contribution in [3.05, 3.63) is 34.8 Å². The van der Waals surface area contributed by atoms with Crippen molar-refractivity contribution in [2.45, 2.75) is 24.9 Å². The van der Waals surface area contributed by atoms with Crippen LogP contribution in [-0.2, 0) is 4.79 Å². The standard InChI is InChI=1S/C15H16FN5O2S2/c1-7(2)20-15(23)12(17)9-6-24-13(18)11(9)14(22)21-8-3-4-10(25-16)19-5-8/h3-7,17H,18H2,1-2H3,(H,20,23)(H,21,22). The first-order valence-corrected chi connectivity index (χ1v) is 8.75. The maximum Gasteiger partial charge on any atom is 0.270 e. The van der Waals surface area contributed by atoms with Crippen LogP contribution in [0.4, 0.5) is 14.6 Å². The molecule has 5 N–H and O–H groups in total. The minimum Gasteiger partial charge on any atom is -0.390 e. The van der Waals surface area contributed by atoms with Crippen LogP contribution in [0.1, 0.15) is 29.8 Å². The summed E-state index contributed by atoms with van der Waals surface area (Å²) in [4.78, 5) is 28.3. The van der Waals surface area contributed by atoms with Gasteiger partial charge in [-0.2, -0.15) is 3.89 Å². The van der Waals surface area contributed by atoms with Crippen molar-refractivity contribution in [2.24, 2.45) is 0 Å². The highest BCUT2D eigenvalue weighted by atomic mass is 32.2. The van der Waals surface area contributed by atoms with Gasteiger partial charge in [-0.15, -0.1) is 11.3 Å². The SMILES string of the molecule is CC(C)NC(=O)C(=N)c1csc(N)c1C(=O)Nc1ccc(SF)nc1. The van der Waals surface area contributed by atoms with E-state index in [1.54, 1.807) is 13.8 Å². The van der Waals surface area contributed by atoms with Gasteiger partial charge in [0.25, 0.3) is 11.8 Å². The van der Waals surface area contributed by atoms with Crippen molar-refractivity contribution in [3.8, 4) is 0 Å². The molecule has 0 bridgehead atoms. The highest BCUT2D eigenvalue weighted by Gasteiger charge is 2.24. The number of hydrogen-bond acceptors (Lipinski definition) is 7. The van der Waals surface area contributed by atoms with Crippen molar-refractivity contribution in [2.75, 3.05) is 11.1 Å². The predicted molar refractivity (Wildman–Crippen MR) is 98.0 cm³/mol. The second kappa shape index (κ2) is 8.08. The number of nitrogens with zero attached hydrogens (tertiary/aromatic N) is 1. The minimum absolute atomic E-state index is 0.00382. The molecule has 0 fully saturated rings. The largest absolute Gasteiger partial charge is 0.390 e.